The molecule has 3 rings (SSSR count). The van der Waals surface area contributed by atoms with Crippen LogP contribution in [0.2, 0.25) is 0 Å². The molecule has 3 atom stereocenters. The molecule has 1 aromatic rings. The highest BCUT2D eigenvalue weighted by molar-refractivity contribution is 5.29. The fourth-order valence-corrected chi connectivity index (χ4v) is 4.52. The topological polar surface area (TPSA) is 24.9 Å². The molecule has 3 unspecified atom stereocenters. The maximum Gasteiger partial charge on any atom is 0.0469 e. The summed E-state index contributed by atoms with van der Waals surface area (Å²) in [5.41, 5.74) is 2.96. The van der Waals surface area contributed by atoms with Gasteiger partial charge >= 0.3 is 0 Å². The second-order valence-electron chi connectivity index (χ2n) is 6.96. The number of nitrogens with one attached hydrogen (secondary N) is 1. The minimum atomic E-state index is 0.729. The lowest BCUT2D eigenvalue weighted by molar-refractivity contribution is 0.251. The lowest BCUT2D eigenvalue weighted by Gasteiger charge is -2.30. The highest BCUT2D eigenvalue weighted by atomic mass is 14.9. The van der Waals surface area contributed by atoms with Crippen LogP contribution in [0.25, 0.3) is 0 Å². The van der Waals surface area contributed by atoms with Gasteiger partial charge < -0.3 is 5.32 Å². The van der Waals surface area contributed by atoms with Gasteiger partial charge in [0.25, 0.3) is 0 Å². The van der Waals surface area contributed by atoms with Gasteiger partial charge in [-0.25, -0.2) is 0 Å². The number of hydrogen-bond donors (Lipinski definition) is 1. The average molecular weight is 286 g/mol. The fourth-order valence-electron chi connectivity index (χ4n) is 4.52. The Morgan fingerprint density at radius 1 is 1.19 bits per heavy atom. The van der Waals surface area contributed by atoms with Crippen LogP contribution in [0.5, 0.6) is 0 Å². The number of aromatic nitrogens is 1. The van der Waals surface area contributed by atoms with E-state index in [1.165, 1.54) is 75.7 Å². The number of rotatable bonds is 5. The molecule has 0 saturated heterocycles. The maximum absolute atomic E-state index is 4.76. The van der Waals surface area contributed by atoms with Crippen LogP contribution in [0.3, 0.4) is 0 Å². The second-order valence-corrected chi connectivity index (χ2v) is 6.96. The van der Waals surface area contributed by atoms with E-state index in [1.807, 2.05) is 6.20 Å². The Bertz CT molecular complexity index is 443. The van der Waals surface area contributed by atoms with Crippen molar-refractivity contribution in [2.24, 2.45) is 11.8 Å². The van der Waals surface area contributed by atoms with Crippen LogP contribution in [0.1, 0.15) is 69.0 Å². The number of hydrogen-bond acceptors (Lipinski definition) is 2. The molecule has 21 heavy (non-hydrogen) atoms. The minimum Gasteiger partial charge on any atom is -0.316 e. The number of fused-ring (bicyclic) bond motifs is 1. The van der Waals surface area contributed by atoms with Crippen LogP contribution in [-0.2, 0) is 6.42 Å². The Hall–Kier alpha value is -0.890. The van der Waals surface area contributed by atoms with E-state index in [0.29, 0.717) is 0 Å². The van der Waals surface area contributed by atoms with Crippen molar-refractivity contribution < 1.29 is 0 Å². The molecule has 1 N–H and O–H groups in total. The first-order chi connectivity index (χ1) is 10.4. The molecule has 2 nitrogen and oxygen atoms in total. The number of aryl methyl sites for hydroxylation is 1. The van der Waals surface area contributed by atoms with Crippen LogP contribution in [0.4, 0.5) is 0 Å². The van der Waals surface area contributed by atoms with E-state index in [-0.39, 0.29) is 0 Å². The zero-order valence-electron chi connectivity index (χ0n) is 13.5. The highest BCUT2D eigenvalue weighted by Crippen LogP contribution is 2.44. The Morgan fingerprint density at radius 3 is 3.00 bits per heavy atom. The summed E-state index contributed by atoms with van der Waals surface area (Å²) in [5, 5.41) is 3.69. The summed E-state index contributed by atoms with van der Waals surface area (Å²) in [7, 11) is 0. The van der Waals surface area contributed by atoms with Gasteiger partial charge in [-0.05, 0) is 68.7 Å². The van der Waals surface area contributed by atoms with Gasteiger partial charge in [0.05, 0.1) is 0 Å². The Kier molecular flexibility index (Phi) is 5.29. The molecule has 1 aromatic heterocycles. The predicted molar refractivity (Wildman–Crippen MR) is 88.5 cm³/mol. The lowest BCUT2D eigenvalue weighted by atomic mass is 9.77. The first kappa shape index (κ1) is 15.0. The SMILES string of the molecule is CCCNCC1CCCCCC1C1CCc2cccnc21. The molecule has 0 radical (unpaired) electrons. The smallest absolute Gasteiger partial charge is 0.0469 e. The van der Waals surface area contributed by atoms with E-state index >= 15 is 0 Å². The summed E-state index contributed by atoms with van der Waals surface area (Å²) < 4.78 is 0. The van der Waals surface area contributed by atoms with Gasteiger partial charge in [-0.2, -0.15) is 0 Å². The summed E-state index contributed by atoms with van der Waals surface area (Å²) in [6.45, 7) is 4.65. The van der Waals surface area contributed by atoms with E-state index in [0.717, 1.165) is 17.8 Å². The Labute approximate surface area is 129 Å². The van der Waals surface area contributed by atoms with Gasteiger partial charge in [0.2, 0.25) is 0 Å². The van der Waals surface area contributed by atoms with Crippen LogP contribution in [-0.4, -0.2) is 18.1 Å². The number of pyridine rings is 1. The summed E-state index contributed by atoms with van der Waals surface area (Å²) in [6, 6.07) is 4.40. The quantitative estimate of drug-likeness (QED) is 0.644. The molecule has 2 heteroatoms. The summed E-state index contributed by atoms with van der Waals surface area (Å²) in [6.07, 6.45) is 12.9. The Balaban J connectivity index is 1.74. The summed E-state index contributed by atoms with van der Waals surface area (Å²) in [4.78, 5) is 4.76. The van der Waals surface area contributed by atoms with E-state index in [2.05, 4.69) is 24.4 Å². The molecule has 116 valence electrons. The molecule has 1 saturated carbocycles. The monoisotopic (exact) mass is 286 g/mol. The van der Waals surface area contributed by atoms with Crippen LogP contribution < -0.4 is 5.32 Å². The zero-order valence-corrected chi connectivity index (χ0v) is 13.5. The standard InChI is InChI=1S/C19H30N2/c1-2-12-20-14-16-7-4-3-5-9-17(16)18-11-10-15-8-6-13-21-19(15)18/h6,8,13,16-18,20H,2-5,7,9-12,14H2,1H3. The third kappa shape index (κ3) is 3.48. The molecule has 2 aliphatic carbocycles. The molecule has 0 aromatic carbocycles. The van der Waals surface area contributed by atoms with Gasteiger partial charge in [-0.3, -0.25) is 4.98 Å². The van der Waals surface area contributed by atoms with Gasteiger partial charge in [-0.15, -0.1) is 0 Å². The predicted octanol–water partition coefficient (Wildman–Crippen LogP) is 4.31. The second kappa shape index (κ2) is 7.40. The van der Waals surface area contributed by atoms with Crippen LogP contribution >= 0.6 is 0 Å². The third-order valence-electron chi connectivity index (χ3n) is 5.57. The first-order valence-electron chi connectivity index (χ1n) is 9.04. The lowest BCUT2D eigenvalue weighted by Crippen LogP contribution is -2.31. The van der Waals surface area contributed by atoms with Crippen LogP contribution in [0, 0.1) is 11.8 Å². The van der Waals surface area contributed by atoms with Gasteiger partial charge in [-0.1, -0.05) is 32.3 Å². The Morgan fingerprint density at radius 2 is 2.10 bits per heavy atom. The van der Waals surface area contributed by atoms with Crippen molar-refractivity contribution in [2.45, 2.75) is 64.2 Å². The molecule has 0 amide bonds. The molecule has 1 fully saturated rings. The fraction of sp³-hybridized carbons (Fsp3) is 0.737. The molecule has 1 heterocycles. The van der Waals surface area contributed by atoms with Crippen molar-refractivity contribution in [3.05, 3.63) is 29.6 Å². The molecular weight excluding hydrogens is 256 g/mol. The van der Waals surface area contributed by atoms with Crippen molar-refractivity contribution in [1.29, 1.82) is 0 Å². The molecular formula is C19H30N2. The zero-order chi connectivity index (χ0) is 14.5. The molecule has 0 aliphatic heterocycles. The largest absolute Gasteiger partial charge is 0.316 e. The van der Waals surface area contributed by atoms with Crippen molar-refractivity contribution in [2.75, 3.05) is 13.1 Å². The van der Waals surface area contributed by atoms with Gasteiger partial charge in [0.1, 0.15) is 0 Å². The molecule has 2 aliphatic rings. The van der Waals surface area contributed by atoms with E-state index in [1.54, 1.807) is 0 Å². The van der Waals surface area contributed by atoms with Crippen LogP contribution in [0.15, 0.2) is 18.3 Å². The first-order valence-corrected chi connectivity index (χ1v) is 9.04. The van der Waals surface area contributed by atoms with Gasteiger partial charge in [0.15, 0.2) is 0 Å². The molecule has 0 bridgehead atoms. The van der Waals surface area contributed by atoms with E-state index < -0.39 is 0 Å². The van der Waals surface area contributed by atoms with Crippen molar-refractivity contribution >= 4 is 0 Å². The average Bonchev–Trinajstić information content (AvgIpc) is 2.80. The molecule has 0 spiro atoms. The van der Waals surface area contributed by atoms with Crippen molar-refractivity contribution in [3.63, 3.8) is 0 Å². The normalized spacial score (nSPS) is 29.1. The van der Waals surface area contributed by atoms with E-state index in [4.69, 9.17) is 4.98 Å². The van der Waals surface area contributed by atoms with E-state index in [9.17, 15) is 0 Å². The van der Waals surface area contributed by atoms with Crippen molar-refractivity contribution in [3.8, 4) is 0 Å². The third-order valence-corrected chi connectivity index (χ3v) is 5.57. The number of nitrogens with zero attached hydrogens (tertiary/aromatic N) is 1. The summed E-state index contributed by atoms with van der Waals surface area (Å²) in [5.74, 6) is 2.44. The van der Waals surface area contributed by atoms with Gasteiger partial charge in [0, 0.05) is 17.8 Å². The maximum atomic E-state index is 4.76. The highest BCUT2D eigenvalue weighted by Gasteiger charge is 2.35. The minimum absolute atomic E-state index is 0.729. The summed E-state index contributed by atoms with van der Waals surface area (Å²) >= 11 is 0. The van der Waals surface area contributed by atoms with Crippen molar-refractivity contribution in [1.82, 2.24) is 10.3 Å².